The predicted octanol–water partition coefficient (Wildman–Crippen LogP) is 1.03. The topological polar surface area (TPSA) is 98.9 Å². The maximum atomic E-state index is 10.9. The lowest BCUT2D eigenvalue weighted by atomic mass is 10.2. The van der Waals surface area contributed by atoms with Crippen LogP contribution in [0.2, 0.25) is 0 Å². The van der Waals surface area contributed by atoms with Crippen molar-refractivity contribution in [3.05, 3.63) is 33.9 Å². The van der Waals surface area contributed by atoms with Crippen LogP contribution in [-0.2, 0) is 16.1 Å². The van der Waals surface area contributed by atoms with Crippen LogP contribution in [0.4, 0.5) is 5.69 Å². The van der Waals surface area contributed by atoms with Crippen molar-refractivity contribution in [3.63, 3.8) is 0 Å². The van der Waals surface area contributed by atoms with Crippen LogP contribution >= 0.6 is 0 Å². The van der Waals surface area contributed by atoms with Gasteiger partial charge in [-0.1, -0.05) is 0 Å². The molecule has 0 fully saturated rings. The molecule has 0 aliphatic carbocycles. The summed E-state index contributed by atoms with van der Waals surface area (Å²) >= 11 is 0. The Morgan fingerprint density at radius 3 is 2.78 bits per heavy atom. The van der Waals surface area contributed by atoms with Gasteiger partial charge in [0.1, 0.15) is 0 Å². The molecule has 1 rings (SSSR count). The third-order valence-corrected chi connectivity index (χ3v) is 2.19. The van der Waals surface area contributed by atoms with Crippen molar-refractivity contribution in [2.75, 3.05) is 13.7 Å². The molecule has 0 aliphatic heterocycles. The Hall–Kier alpha value is -2.15. The number of benzene rings is 1. The number of hydrogen-bond acceptors (Lipinski definition) is 6. The fourth-order valence-electron chi connectivity index (χ4n) is 1.27. The van der Waals surface area contributed by atoms with Gasteiger partial charge in [-0.2, -0.15) is 0 Å². The van der Waals surface area contributed by atoms with Gasteiger partial charge in [0.2, 0.25) is 0 Å². The summed E-state index contributed by atoms with van der Waals surface area (Å²) < 4.78 is 9.58. The monoisotopic (exact) mass is 255 g/mol. The van der Waals surface area contributed by atoms with E-state index in [1.165, 1.54) is 25.3 Å². The van der Waals surface area contributed by atoms with Crippen molar-refractivity contribution in [2.45, 2.75) is 13.0 Å². The Bertz CT molecular complexity index is 445. The Labute approximate surface area is 103 Å². The Kier molecular flexibility index (Phi) is 5.06. The number of carbonyl (C=O) groups is 1. The molecular formula is C11H13NO6. The van der Waals surface area contributed by atoms with E-state index in [1.807, 2.05) is 0 Å². The number of rotatable bonds is 6. The number of aliphatic hydroxyl groups excluding tert-OH is 1. The quantitative estimate of drug-likeness (QED) is 0.463. The number of hydrogen-bond donors (Lipinski definition) is 1. The minimum Gasteiger partial charge on any atom is -0.486 e. The highest BCUT2D eigenvalue weighted by Crippen LogP contribution is 2.28. The van der Waals surface area contributed by atoms with E-state index in [0.29, 0.717) is 5.56 Å². The lowest BCUT2D eigenvalue weighted by molar-refractivity contribution is -0.385. The minimum absolute atomic E-state index is 0.00297. The summed E-state index contributed by atoms with van der Waals surface area (Å²) in [5.74, 6) is -0.439. The molecule has 1 aromatic rings. The molecule has 0 radical (unpaired) electrons. The first-order chi connectivity index (χ1) is 8.58. The van der Waals surface area contributed by atoms with E-state index in [1.54, 1.807) is 0 Å². The van der Waals surface area contributed by atoms with Crippen LogP contribution in [0, 0.1) is 10.1 Å². The van der Waals surface area contributed by atoms with Crippen LogP contribution in [0.25, 0.3) is 0 Å². The smallest absolute Gasteiger partial charge is 0.310 e. The largest absolute Gasteiger partial charge is 0.486 e. The standard InChI is InChI=1S/C11H13NO6/c1-17-11(14)4-5-18-10-6-8(7-13)2-3-9(10)12(15)16/h2-3,6,13H,4-5,7H2,1H3. The fraction of sp³-hybridized carbons (Fsp3) is 0.364. The zero-order chi connectivity index (χ0) is 13.5. The number of nitro groups is 1. The zero-order valence-electron chi connectivity index (χ0n) is 9.79. The van der Waals surface area contributed by atoms with Crippen LogP contribution in [0.5, 0.6) is 5.75 Å². The number of aliphatic hydroxyl groups is 1. The van der Waals surface area contributed by atoms with E-state index in [9.17, 15) is 14.9 Å². The number of nitro benzene ring substituents is 1. The van der Waals surface area contributed by atoms with Crippen molar-refractivity contribution >= 4 is 11.7 Å². The van der Waals surface area contributed by atoms with E-state index >= 15 is 0 Å². The lowest BCUT2D eigenvalue weighted by Gasteiger charge is -2.07. The number of esters is 1. The van der Waals surface area contributed by atoms with Crippen molar-refractivity contribution in [3.8, 4) is 5.75 Å². The first-order valence-corrected chi connectivity index (χ1v) is 5.16. The van der Waals surface area contributed by atoms with Gasteiger partial charge in [0.15, 0.2) is 5.75 Å². The molecule has 0 heterocycles. The molecule has 0 saturated heterocycles. The van der Waals surface area contributed by atoms with Gasteiger partial charge in [-0.3, -0.25) is 14.9 Å². The van der Waals surface area contributed by atoms with Crippen molar-refractivity contribution < 1.29 is 24.3 Å². The van der Waals surface area contributed by atoms with Crippen LogP contribution in [0.15, 0.2) is 18.2 Å². The highest BCUT2D eigenvalue weighted by atomic mass is 16.6. The van der Waals surface area contributed by atoms with Crippen molar-refractivity contribution in [1.29, 1.82) is 0 Å². The van der Waals surface area contributed by atoms with Gasteiger partial charge in [-0.15, -0.1) is 0 Å². The normalized spacial score (nSPS) is 9.89. The molecule has 0 saturated carbocycles. The SMILES string of the molecule is COC(=O)CCOc1cc(CO)ccc1[N+](=O)[O-]. The summed E-state index contributed by atoms with van der Waals surface area (Å²) in [6.07, 6.45) is -0.00297. The number of ether oxygens (including phenoxy) is 2. The predicted molar refractivity (Wildman–Crippen MR) is 61.1 cm³/mol. The highest BCUT2D eigenvalue weighted by molar-refractivity contribution is 5.69. The van der Waals surface area contributed by atoms with Crippen LogP contribution < -0.4 is 4.74 Å². The van der Waals surface area contributed by atoms with Gasteiger partial charge in [-0.25, -0.2) is 0 Å². The maximum Gasteiger partial charge on any atom is 0.310 e. The number of carbonyl (C=O) groups excluding carboxylic acids is 1. The molecule has 0 unspecified atom stereocenters. The van der Waals surface area contributed by atoms with Gasteiger partial charge in [0, 0.05) is 6.07 Å². The summed E-state index contributed by atoms with van der Waals surface area (Å²) in [7, 11) is 1.25. The third kappa shape index (κ3) is 3.70. The molecule has 0 bridgehead atoms. The summed E-state index contributed by atoms with van der Waals surface area (Å²) in [6.45, 7) is -0.270. The maximum absolute atomic E-state index is 10.9. The molecule has 1 aromatic carbocycles. The first-order valence-electron chi connectivity index (χ1n) is 5.16. The Balaban J connectivity index is 2.78. The van der Waals surface area contributed by atoms with E-state index < -0.39 is 10.9 Å². The fourth-order valence-corrected chi connectivity index (χ4v) is 1.27. The number of methoxy groups -OCH3 is 1. The van der Waals surface area contributed by atoms with Gasteiger partial charge in [0.05, 0.1) is 31.7 Å². The zero-order valence-corrected chi connectivity index (χ0v) is 9.79. The average Bonchev–Trinajstić information content (AvgIpc) is 2.37. The Morgan fingerprint density at radius 1 is 1.50 bits per heavy atom. The Morgan fingerprint density at radius 2 is 2.22 bits per heavy atom. The van der Waals surface area contributed by atoms with E-state index in [-0.39, 0.29) is 31.1 Å². The average molecular weight is 255 g/mol. The second-order valence-electron chi connectivity index (χ2n) is 3.39. The molecule has 0 atom stereocenters. The molecule has 18 heavy (non-hydrogen) atoms. The molecule has 0 amide bonds. The molecule has 0 aliphatic rings. The van der Waals surface area contributed by atoms with Gasteiger partial charge >= 0.3 is 11.7 Å². The highest BCUT2D eigenvalue weighted by Gasteiger charge is 2.15. The lowest BCUT2D eigenvalue weighted by Crippen LogP contribution is -2.08. The molecule has 0 spiro atoms. The van der Waals surface area contributed by atoms with Crippen LogP contribution in [0.3, 0.4) is 0 Å². The van der Waals surface area contributed by atoms with E-state index in [2.05, 4.69) is 4.74 Å². The summed E-state index contributed by atoms with van der Waals surface area (Å²) in [4.78, 5) is 21.0. The third-order valence-electron chi connectivity index (χ3n) is 2.19. The molecule has 0 aromatic heterocycles. The van der Waals surface area contributed by atoms with Crippen LogP contribution in [0.1, 0.15) is 12.0 Å². The van der Waals surface area contributed by atoms with Crippen molar-refractivity contribution in [1.82, 2.24) is 0 Å². The van der Waals surface area contributed by atoms with Gasteiger partial charge in [0.25, 0.3) is 0 Å². The number of nitrogens with zero attached hydrogens (tertiary/aromatic N) is 1. The minimum atomic E-state index is -0.589. The second-order valence-corrected chi connectivity index (χ2v) is 3.39. The van der Waals surface area contributed by atoms with Crippen molar-refractivity contribution in [2.24, 2.45) is 0 Å². The summed E-state index contributed by atoms with van der Waals surface area (Å²) in [5.41, 5.74) is 0.283. The molecule has 1 N–H and O–H groups in total. The van der Waals surface area contributed by atoms with Gasteiger partial charge in [-0.05, 0) is 17.7 Å². The second kappa shape index (κ2) is 6.55. The summed E-state index contributed by atoms with van der Waals surface area (Å²) in [6, 6.07) is 4.06. The van der Waals surface area contributed by atoms with Gasteiger partial charge < -0.3 is 14.6 Å². The molecule has 7 heteroatoms. The van der Waals surface area contributed by atoms with E-state index in [4.69, 9.17) is 9.84 Å². The first kappa shape index (κ1) is 13.9. The van der Waals surface area contributed by atoms with Crippen LogP contribution in [-0.4, -0.2) is 29.7 Å². The molecule has 7 nitrogen and oxygen atoms in total. The van der Waals surface area contributed by atoms with E-state index in [0.717, 1.165) is 0 Å². The molecule has 98 valence electrons. The summed E-state index contributed by atoms with van der Waals surface area (Å²) in [5, 5.41) is 19.7. The molecular weight excluding hydrogens is 242 g/mol.